The molecule has 1 heterocycles. The van der Waals surface area contributed by atoms with Crippen molar-refractivity contribution in [3.8, 4) is 11.5 Å². The standard InChI is InChI=1S/C27H22BrClN2O4/c1-3-6-18-11-17(12-24(33-2)26(18)34-16-19-7-4-5-8-22(19)29)15-30-31-27(32)25-14-20-13-21(28)9-10-23(20)35-25/h3-5,7-15H,1,6,16H2,2H3,(H,31,32)/b30-15+. The zero-order valence-electron chi connectivity index (χ0n) is 18.9. The van der Waals surface area contributed by atoms with Crippen molar-refractivity contribution in [3.63, 3.8) is 0 Å². The summed E-state index contributed by atoms with van der Waals surface area (Å²) in [6.07, 6.45) is 3.86. The van der Waals surface area contributed by atoms with Crippen LogP contribution in [-0.4, -0.2) is 19.2 Å². The van der Waals surface area contributed by atoms with E-state index in [1.54, 1.807) is 31.4 Å². The van der Waals surface area contributed by atoms with Crippen LogP contribution < -0.4 is 14.9 Å². The van der Waals surface area contributed by atoms with Gasteiger partial charge in [-0.15, -0.1) is 6.58 Å². The lowest BCUT2D eigenvalue weighted by Crippen LogP contribution is -2.16. The third kappa shape index (κ3) is 5.93. The molecule has 0 bridgehead atoms. The highest BCUT2D eigenvalue weighted by Gasteiger charge is 2.14. The number of hydrogen-bond donors (Lipinski definition) is 1. The molecule has 1 aromatic heterocycles. The Morgan fingerprint density at radius 3 is 2.77 bits per heavy atom. The van der Waals surface area contributed by atoms with Gasteiger partial charge in [-0.1, -0.05) is 51.8 Å². The molecule has 3 aromatic carbocycles. The number of carbonyl (C=O) groups excluding carboxylic acids is 1. The van der Waals surface area contributed by atoms with Gasteiger partial charge in [0, 0.05) is 26.0 Å². The molecule has 0 unspecified atom stereocenters. The summed E-state index contributed by atoms with van der Waals surface area (Å²) in [7, 11) is 1.57. The first-order valence-corrected chi connectivity index (χ1v) is 11.9. The van der Waals surface area contributed by atoms with Crippen molar-refractivity contribution in [3.05, 3.63) is 105 Å². The molecule has 4 aromatic rings. The Kier molecular flexibility index (Phi) is 7.90. The van der Waals surface area contributed by atoms with Crippen LogP contribution in [-0.2, 0) is 13.0 Å². The normalized spacial score (nSPS) is 11.1. The third-order valence-corrected chi connectivity index (χ3v) is 6.01. The summed E-state index contributed by atoms with van der Waals surface area (Å²) in [5.74, 6) is 0.851. The number of rotatable bonds is 9. The molecule has 4 rings (SSSR count). The molecule has 1 N–H and O–H groups in total. The molecule has 6 nitrogen and oxygen atoms in total. The van der Waals surface area contributed by atoms with E-state index < -0.39 is 5.91 Å². The number of hydrogen-bond acceptors (Lipinski definition) is 5. The van der Waals surface area contributed by atoms with Crippen molar-refractivity contribution in [1.82, 2.24) is 5.43 Å². The van der Waals surface area contributed by atoms with Crippen LogP contribution in [0, 0.1) is 0 Å². The Bertz CT molecular complexity index is 1410. The highest BCUT2D eigenvalue weighted by molar-refractivity contribution is 9.10. The summed E-state index contributed by atoms with van der Waals surface area (Å²) in [6, 6.07) is 18.4. The lowest BCUT2D eigenvalue weighted by molar-refractivity contribution is 0.0929. The van der Waals surface area contributed by atoms with Crippen molar-refractivity contribution in [2.24, 2.45) is 5.10 Å². The van der Waals surface area contributed by atoms with Crippen molar-refractivity contribution < 1.29 is 18.7 Å². The number of nitrogens with one attached hydrogen (secondary N) is 1. The van der Waals surface area contributed by atoms with E-state index >= 15 is 0 Å². The number of nitrogens with zero attached hydrogens (tertiary/aromatic N) is 1. The smallest absolute Gasteiger partial charge is 0.307 e. The molecule has 0 spiro atoms. The molecule has 1 amide bonds. The van der Waals surface area contributed by atoms with Crippen LogP contribution in [0.15, 0.2) is 87.3 Å². The second-order valence-corrected chi connectivity index (χ2v) is 8.90. The average molecular weight is 554 g/mol. The molecule has 0 atom stereocenters. The number of carbonyl (C=O) groups is 1. The minimum Gasteiger partial charge on any atom is -0.493 e. The maximum Gasteiger partial charge on any atom is 0.307 e. The second kappa shape index (κ2) is 11.3. The summed E-state index contributed by atoms with van der Waals surface area (Å²) in [5.41, 5.74) is 5.57. The molecule has 178 valence electrons. The quantitative estimate of drug-likeness (QED) is 0.139. The topological polar surface area (TPSA) is 73.1 Å². The van der Waals surface area contributed by atoms with Gasteiger partial charge in [0.15, 0.2) is 17.3 Å². The molecular formula is C27H22BrClN2O4. The zero-order chi connectivity index (χ0) is 24.8. The monoisotopic (exact) mass is 552 g/mol. The highest BCUT2D eigenvalue weighted by Crippen LogP contribution is 2.34. The molecule has 0 aliphatic carbocycles. The number of amides is 1. The SMILES string of the molecule is C=CCc1cc(/C=N/NC(=O)c2cc3cc(Br)ccc3o2)cc(OC)c1OCc1ccccc1Cl. The van der Waals surface area contributed by atoms with Gasteiger partial charge in [0.1, 0.15) is 12.2 Å². The largest absolute Gasteiger partial charge is 0.493 e. The Labute approximate surface area is 216 Å². The van der Waals surface area contributed by atoms with Gasteiger partial charge >= 0.3 is 5.91 Å². The maximum atomic E-state index is 12.5. The van der Waals surface area contributed by atoms with Crippen LogP contribution in [0.2, 0.25) is 5.02 Å². The molecule has 0 saturated heterocycles. The predicted molar refractivity (Wildman–Crippen MR) is 142 cm³/mol. The molecule has 35 heavy (non-hydrogen) atoms. The van der Waals surface area contributed by atoms with Crippen LogP contribution in [0.4, 0.5) is 0 Å². The van der Waals surface area contributed by atoms with Crippen LogP contribution >= 0.6 is 27.5 Å². The lowest BCUT2D eigenvalue weighted by atomic mass is 10.1. The molecule has 0 fully saturated rings. The van der Waals surface area contributed by atoms with Crippen molar-refractivity contribution in [1.29, 1.82) is 0 Å². The fourth-order valence-corrected chi connectivity index (χ4v) is 4.06. The van der Waals surface area contributed by atoms with Crippen LogP contribution in [0.5, 0.6) is 11.5 Å². The average Bonchev–Trinajstić information content (AvgIpc) is 3.27. The van der Waals surface area contributed by atoms with E-state index in [9.17, 15) is 4.79 Å². The Hall–Kier alpha value is -3.55. The minimum absolute atomic E-state index is 0.170. The number of halogens is 2. The number of furan rings is 1. The van der Waals surface area contributed by atoms with Gasteiger partial charge in [-0.3, -0.25) is 4.79 Å². The van der Waals surface area contributed by atoms with E-state index in [0.717, 1.165) is 26.5 Å². The number of fused-ring (bicyclic) bond motifs is 1. The number of allylic oxidation sites excluding steroid dienone is 1. The third-order valence-electron chi connectivity index (χ3n) is 5.15. The molecule has 8 heteroatoms. The summed E-state index contributed by atoms with van der Waals surface area (Å²) in [4.78, 5) is 12.5. The van der Waals surface area contributed by atoms with Gasteiger partial charge < -0.3 is 13.9 Å². The number of ether oxygens (including phenoxy) is 2. The van der Waals surface area contributed by atoms with E-state index in [1.807, 2.05) is 42.5 Å². The van der Waals surface area contributed by atoms with Crippen molar-refractivity contribution >= 4 is 50.6 Å². The fourth-order valence-electron chi connectivity index (χ4n) is 3.49. The van der Waals surface area contributed by atoms with Gasteiger partial charge in [-0.05, 0) is 54.4 Å². The Morgan fingerprint density at radius 2 is 2.00 bits per heavy atom. The highest BCUT2D eigenvalue weighted by atomic mass is 79.9. The number of benzene rings is 3. The molecule has 0 aliphatic rings. The molecule has 0 saturated carbocycles. The molecule has 0 radical (unpaired) electrons. The summed E-state index contributed by atoms with van der Waals surface area (Å²) >= 11 is 9.67. The zero-order valence-corrected chi connectivity index (χ0v) is 21.2. The first kappa shape index (κ1) is 24.6. The summed E-state index contributed by atoms with van der Waals surface area (Å²) < 4.78 is 18.2. The lowest BCUT2D eigenvalue weighted by Gasteiger charge is -2.16. The summed E-state index contributed by atoms with van der Waals surface area (Å²) in [5, 5.41) is 5.54. The minimum atomic E-state index is -0.452. The number of methoxy groups -OCH3 is 1. The van der Waals surface area contributed by atoms with Gasteiger partial charge in [-0.2, -0.15) is 5.10 Å². The molecule has 0 aliphatic heterocycles. The van der Waals surface area contributed by atoms with E-state index in [-0.39, 0.29) is 12.4 Å². The van der Waals surface area contributed by atoms with Crippen LogP contribution in [0.1, 0.15) is 27.2 Å². The van der Waals surface area contributed by atoms with Gasteiger partial charge in [0.25, 0.3) is 0 Å². The van der Waals surface area contributed by atoms with Crippen molar-refractivity contribution in [2.75, 3.05) is 7.11 Å². The first-order chi connectivity index (χ1) is 17.0. The predicted octanol–water partition coefficient (Wildman–Crippen LogP) is 6.93. The van der Waals surface area contributed by atoms with Gasteiger partial charge in [-0.25, -0.2) is 5.43 Å². The first-order valence-electron chi connectivity index (χ1n) is 10.7. The van der Waals surface area contributed by atoms with Gasteiger partial charge in [0.2, 0.25) is 0 Å². The van der Waals surface area contributed by atoms with Gasteiger partial charge in [0.05, 0.1) is 13.3 Å². The van der Waals surface area contributed by atoms with Crippen LogP contribution in [0.25, 0.3) is 11.0 Å². The Morgan fingerprint density at radius 1 is 1.17 bits per heavy atom. The van der Waals surface area contributed by atoms with E-state index in [0.29, 0.717) is 28.5 Å². The van der Waals surface area contributed by atoms with E-state index in [4.69, 9.17) is 25.5 Å². The van der Waals surface area contributed by atoms with Crippen LogP contribution in [0.3, 0.4) is 0 Å². The van der Waals surface area contributed by atoms with E-state index in [2.05, 4.69) is 33.0 Å². The van der Waals surface area contributed by atoms with E-state index in [1.165, 1.54) is 6.21 Å². The Balaban J connectivity index is 1.51. The number of hydrazone groups is 1. The maximum absolute atomic E-state index is 12.5. The fraction of sp³-hybridized carbons (Fsp3) is 0.111. The second-order valence-electron chi connectivity index (χ2n) is 7.58. The summed E-state index contributed by atoms with van der Waals surface area (Å²) in [6.45, 7) is 4.12. The molecular weight excluding hydrogens is 532 g/mol. The van der Waals surface area contributed by atoms with Crippen molar-refractivity contribution in [2.45, 2.75) is 13.0 Å².